The van der Waals surface area contributed by atoms with E-state index in [9.17, 15) is 0 Å². The van der Waals surface area contributed by atoms with E-state index >= 15 is 0 Å². The fourth-order valence-corrected chi connectivity index (χ4v) is 2.08. The third-order valence-electron chi connectivity index (χ3n) is 3.11. The molecule has 0 aliphatic rings. The van der Waals surface area contributed by atoms with E-state index in [0.29, 0.717) is 6.04 Å². The van der Waals surface area contributed by atoms with Crippen molar-refractivity contribution in [3.63, 3.8) is 0 Å². The summed E-state index contributed by atoms with van der Waals surface area (Å²) in [6.07, 6.45) is 3.47. The van der Waals surface area contributed by atoms with Crippen LogP contribution in [0.3, 0.4) is 0 Å². The zero-order chi connectivity index (χ0) is 14.5. The molecular formula is C16H23N3O. The lowest BCUT2D eigenvalue weighted by Gasteiger charge is -2.19. The van der Waals surface area contributed by atoms with Gasteiger partial charge in [0.2, 0.25) is 0 Å². The number of furan rings is 1. The van der Waals surface area contributed by atoms with Crippen LogP contribution < -0.4 is 10.2 Å². The first kappa shape index (κ1) is 14.6. The number of nitrogens with zero attached hydrogens (tertiary/aromatic N) is 2. The minimum absolute atomic E-state index is 0.482. The molecule has 1 N–H and O–H groups in total. The number of anilines is 1. The molecule has 0 atom stereocenters. The summed E-state index contributed by atoms with van der Waals surface area (Å²) in [5.74, 6) is 0.992. The minimum atomic E-state index is 0.482. The third kappa shape index (κ3) is 4.10. The molecule has 0 saturated heterocycles. The lowest BCUT2D eigenvalue weighted by molar-refractivity contribution is 0.563. The Morgan fingerprint density at radius 3 is 2.75 bits per heavy atom. The van der Waals surface area contributed by atoms with Gasteiger partial charge in [-0.1, -0.05) is 13.8 Å². The first-order valence-electron chi connectivity index (χ1n) is 6.98. The van der Waals surface area contributed by atoms with Crippen LogP contribution in [0.15, 0.2) is 35.1 Å². The molecule has 0 aliphatic heterocycles. The molecule has 0 radical (unpaired) electrons. The maximum Gasteiger partial charge on any atom is 0.129 e. The van der Waals surface area contributed by atoms with Gasteiger partial charge in [0.15, 0.2) is 0 Å². The van der Waals surface area contributed by atoms with Gasteiger partial charge in [0.25, 0.3) is 0 Å². The number of rotatable bonds is 6. The van der Waals surface area contributed by atoms with Gasteiger partial charge in [-0.3, -0.25) is 0 Å². The second-order valence-electron chi connectivity index (χ2n) is 5.50. The summed E-state index contributed by atoms with van der Waals surface area (Å²) in [5.41, 5.74) is 3.46. The second-order valence-corrected chi connectivity index (χ2v) is 5.50. The maximum absolute atomic E-state index is 5.11. The molecule has 4 heteroatoms. The molecule has 0 unspecified atom stereocenters. The van der Waals surface area contributed by atoms with E-state index in [4.69, 9.17) is 4.42 Å². The molecule has 2 heterocycles. The Morgan fingerprint density at radius 2 is 2.10 bits per heavy atom. The summed E-state index contributed by atoms with van der Waals surface area (Å²) in [6.45, 7) is 8.01. The van der Waals surface area contributed by atoms with E-state index in [1.807, 2.05) is 13.0 Å². The van der Waals surface area contributed by atoms with Gasteiger partial charge in [0, 0.05) is 37.4 Å². The van der Waals surface area contributed by atoms with Crippen molar-refractivity contribution in [1.29, 1.82) is 0 Å². The topological polar surface area (TPSA) is 41.3 Å². The van der Waals surface area contributed by atoms with Gasteiger partial charge in [-0.05, 0) is 30.7 Å². The van der Waals surface area contributed by atoms with Crippen LogP contribution in [0, 0.1) is 6.92 Å². The van der Waals surface area contributed by atoms with Gasteiger partial charge in [-0.2, -0.15) is 0 Å². The number of aromatic nitrogens is 1. The fourth-order valence-electron chi connectivity index (χ4n) is 2.08. The quantitative estimate of drug-likeness (QED) is 0.878. The van der Waals surface area contributed by atoms with Gasteiger partial charge in [0.1, 0.15) is 5.82 Å². The van der Waals surface area contributed by atoms with Gasteiger partial charge in [-0.25, -0.2) is 4.98 Å². The average Bonchev–Trinajstić information content (AvgIpc) is 2.88. The van der Waals surface area contributed by atoms with Gasteiger partial charge in [0.05, 0.1) is 12.5 Å². The van der Waals surface area contributed by atoms with E-state index in [1.165, 1.54) is 5.56 Å². The highest BCUT2D eigenvalue weighted by atomic mass is 16.3. The van der Waals surface area contributed by atoms with Crippen LogP contribution in [0.25, 0.3) is 0 Å². The largest absolute Gasteiger partial charge is 0.472 e. The number of pyridine rings is 1. The van der Waals surface area contributed by atoms with Crippen LogP contribution in [0.2, 0.25) is 0 Å². The summed E-state index contributed by atoms with van der Waals surface area (Å²) in [6, 6.07) is 6.73. The Labute approximate surface area is 120 Å². The van der Waals surface area contributed by atoms with Crippen molar-refractivity contribution < 1.29 is 4.42 Å². The number of nitrogens with one attached hydrogen (secondary N) is 1. The number of aryl methyl sites for hydroxylation is 1. The molecule has 0 aromatic carbocycles. The molecule has 0 amide bonds. The van der Waals surface area contributed by atoms with Crippen LogP contribution in [-0.2, 0) is 13.1 Å². The van der Waals surface area contributed by atoms with Gasteiger partial charge in [-0.15, -0.1) is 0 Å². The standard InChI is InChI=1S/C16H23N3O/c1-12(2)17-9-15-7-13(3)18-16(8-15)19(4)10-14-5-6-20-11-14/h5-8,11-12,17H,9-10H2,1-4H3. The number of hydrogen-bond donors (Lipinski definition) is 1. The summed E-state index contributed by atoms with van der Waals surface area (Å²) in [5, 5.41) is 3.44. The Balaban J connectivity index is 2.10. The highest BCUT2D eigenvalue weighted by molar-refractivity contribution is 5.42. The second kappa shape index (κ2) is 6.57. The molecular weight excluding hydrogens is 250 g/mol. The van der Waals surface area contributed by atoms with Crippen molar-refractivity contribution in [2.24, 2.45) is 0 Å². The van der Waals surface area contributed by atoms with Crippen LogP contribution in [0.4, 0.5) is 5.82 Å². The van der Waals surface area contributed by atoms with Crippen LogP contribution >= 0.6 is 0 Å². The molecule has 2 aromatic rings. The molecule has 0 spiro atoms. The molecule has 0 bridgehead atoms. The first-order valence-corrected chi connectivity index (χ1v) is 6.98. The molecule has 0 aliphatic carbocycles. The third-order valence-corrected chi connectivity index (χ3v) is 3.11. The van der Waals surface area contributed by atoms with Crippen LogP contribution in [-0.4, -0.2) is 18.1 Å². The predicted octanol–water partition coefficient (Wildman–Crippen LogP) is 3.12. The van der Waals surface area contributed by atoms with E-state index in [0.717, 1.165) is 30.2 Å². The Morgan fingerprint density at radius 1 is 1.30 bits per heavy atom. The van der Waals surface area contributed by atoms with E-state index in [1.54, 1.807) is 12.5 Å². The predicted molar refractivity (Wildman–Crippen MR) is 81.8 cm³/mol. The summed E-state index contributed by atoms with van der Waals surface area (Å²) in [7, 11) is 2.05. The van der Waals surface area contributed by atoms with Crippen molar-refractivity contribution in [3.05, 3.63) is 47.5 Å². The molecule has 0 saturated carbocycles. The summed E-state index contributed by atoms with van der Waals surface area (Å²) < 4.78 is 5.11. The monoisotopic (exact) mass is 273 g/mol. The Bertz CT molecular complexity index is 535. The smallest absolute Gasteiger partial charge is 0.129 e. The van der Waals surface area contributed by atoms with Crippen LogP contribution in [0.5, 0.6) is 0 Å². The van der Waals surface area contributed by atoms with Crippen LogP contribution in [0.1, 0.15) is 30.7 Å². The average molecular weight is 273 g/mol. The highest BCUT2D eigenvalue weighted by Crippen LogP contribution is 2.16. The van der Waals surface area contributed by atoms with Crippen molar-refractivity contribution in [3.8, 4) is 0 Å². The maximum atomic E-state index is 5.11. The van der Waals surface area contributed by atoms with Crippen molar-refractivity contribution >= 4 is 5.82 Å². The van der Waals surface area contributed by atoms with E-state index in [2.05, 4.69) is 48.2 Å². The van der Waals surface area contributed by atoms with Crippen molar-refractivity contribution in [2.75, 3.05) is 11.9 Å². The normalized spacial score (nSPS) is 11.1. The molecule has 2 rings (SSSR count). The molecule has 20 heavy (non-hydrogen) atoms. The molecule has 0 fully saturated rings. The van der Waals surface area contributed by atoms with Crippen molar-refractivity contribution in [2.45, 2.75) is 39.9 Å². The van der Waals surface area contributed by atoms with E-state index in [-0.39, 0.29) is 0 Å². The Hall–Kier alpha value is -1.81. The fraction of sp³-hybridized carbons (Fsp3) is 0.438. The summed E-state index contributed by atoms with van der Waals surface area (Å²) in [4.78, 5) is 6.74. The van der Waals surface area contributed by atoms with E-state index < -0.39 is 0 Å². The first-order chi connectivity index (χ1) is 9.54. The number of hydrogen-bond acceptors (Lipinski definition) is 4. The zero-order valence-electron chi connectivity index (χ0n) is 12.7. The van der Waals surface area contributed by atoms with Gasteiger partial charge >= 0.3 is 0 Å². The SMILES string of the molecule is Cc1cc(CNC(C)C)cc(N(C)Cc2ccoc2)n1. The highest BCUT2D eigenvalue weighted by Gasteiger charge is 2.07. The Kier molecular flexibility index (Phi) is 4.79. The lowest BCUT2D eigenvalue weighted by Crippen LogP contribution is -2.23. The molecule has 4 nitrogen and oxygen atoms in total. The van der Waals surface area contributed by atoms with Gasteiger partial charge < -0.3 is 14.6 Å². The zero-order valence-corrected chi connectivity index (χ0v) is 12.7. The minimum Gasteiger partial charge on any atom is -0.472 e. The van der Waals surface area contributed by atoms with Crippen molar-refractivity contribution in [1.82, 2.24) is 10.3 Å². The molecule has 2 aromatic heterocycles. The summed E-state index contributed by atoms with van der Waals surface area (Å²) >= 11 is 0. The molecule has 108 valence electrons. The lowest BCUT2D eigenvalue weighted by atomic mass is 10.2.